The summed E-state index contributed by atoms with van der Waals surface area (Å²) in [4.78, 5) is 15.4. The number of ether oxygens (including phenoxy) is 2. The summed E-state index contributed by atoms with van der Waals surface area (Å²) in [6.45, 7) is 0.546. The lowest BCUT2D eigenvalue weighted by Crippen LogP contribution is -2.33. The van der Waals surface area contributed by atoms with Crippen molar-refractivity contribution in [3.8, 4) is 11.5 Å². The van der Waals surface area contributed by atoms with Gasteiger partial charge < -0.3 is 14.4 Å². The highest BCUT2D eigenvalue weighted by atomic mass is 32.2. The van der Waals surface area contributed by atoms with Gasteiger partial charge >= 0.3 is 0 Å². The fraction of sp³-hybridized carbons (Fsp3) is 0.389. The van der Waals surface area contributed by atoms with Gasteiger partial charge in [-0.15, -0.1) is 11.3 Å². The van der Waals surface area contributed by atoms with E-state index < -0.39 is 15.1 Å². The number of carbonyl (C=O) groups is 1. The number of nitrogens with zero attached hydrogens (tertiary/aromatic N) is 1. The minimum absolute atomic E-state index is 0.0480. The predicted octanol–water partition coefficient (Wildman–Crippen LogP) is 2.77. The highest BCUT2D eigenvalue weighted by Crippen LogP contribution is 2.35. The minimum atomic E-state index is -3.30. The fourth-order valence-corrected chi connectivity index (χ4v) is 6.17. The van der Waals surface area contributed by atoms with Gasteiger partial charge in [-0.2, -0.15) is 0 Å². The van der Waals surface area contributed by atoms with Crippen molar-refractivity contribution in [2.24, 2.45) is 0 Å². The van der Waals surface area contributed by atoms with Crippen molar-refractivity contribution in [3.05, 3.63) is 46.2 Å². The third kappa shape index (κ3) is 3.57. The van der Waals surface area contributed by atoms with Crippen LogP contribution in [-0.2, 0) is 9.84 Å². The molecule has 1 aromatic heterocycles. The molecule has 1 saturated heterocycles. The second-order valence-corrected chi connectivity index (χ2v) is 9.28. The van der Waals surface area contributed by atoms with Crippen LogP contribution in [0, 0.1) is 0 Å². The highest BCUT2D eigenvalue weighted by Gasteiger charge is 2.34. The van der Waals surface area contributed by atoms with E-state index in [-0.39, 0.29) is 18.2 Å². The second kappa shape index (κ2) is 7.67. The van der Waals surface area contributed by atoms with E-state index in [1.807, 2.05) is 17.5 Å². The van der Waals surface area contributed by atoms with Crippen molar-refractivity contribution < 1.29 is 22.7 Å². The first kappa shape index (κ1) is 18.7. The number of amides is 1. The Morgan fingerprint density at radius 1 is 1.15 bits per heavy atom. The summed E-state index contributed by atoms with van der Waals surface area (Å²) in [5.41, 5.74) is 0.374. The van der Waals surface area contributed by atoms with Gasteiger partial charge in [0, 0.05) is 18.0 Å². The summed E-state index contributed by atoms with van der Waals surface area (Å²) in [6, 6.07) is 8.80. The molecule has 0 N–H and O–H groups in total. The van der Waals surface area contributed by atoms with Crippen molar-refractivity contribution in [1.29, 1.82) is 0 Å². The van der Waals surface area contributed by atoms with Crippen LogP contribution in [0.3, 0.4) is 0 Å². The number of rotatable bonds is 4. The summed E-state index contributed by atoms with van der Waals surface area (Å²) in [6.07, 6.45) is 0.390. The second-order valence-electron chi connectivity index (χ2n) is 5.99. The van der Waals surface area contributed by atoms with Gasteiger partial charge in [0.1, 0.15) is 0 Å². The quantitative estimate of drug-likeness (QED) is 0.796. The summed E-state index contributed by atoms with van der Waals surface area (Å²) in [7, 11) is -0.309. The van der Waals surface area contributed by atoms with Crippen molar-refractivity contribution in [2.45, 2.75) is 11.7 Å². The van der Waals surface area contributed by atoms with Gasteiger partial charge in [-0.05, 0) is 30.0 Å². The molecule has 1 atom stereocenters. The monoisotopic (exact) mass is 395 g/mol. The molecule has 0 spiro atoms. The van der Waals surface area contributed by atoms with Gasteiger partial charge in [0.2, 0.25) is 0 Å². The lowest BCUT2D eigenvalue weighted by molar-refractivity contribution is 0.0762. The lowest BCUT2D eigenvalue weighted by Gasteiger charge is -2.21. The average molecular weight is 396 g/mol. The molecule has 1 aromatic carbocycles. The number of hydrogen-bond acceptors (Lipinski definition) is 6. The van der Waals surface area contributed by atoms with Crippen LogP contribution >= 0.6 is 11.3 Å². The Bertz CT molecular complexity index is 877. The molecule has 1 unspecified atom stereocenters. The molecule has 0 aliphatic carbocycles. The molecule has 26 heavy (non-hydrogen) atoms. The summed E-state index contributed by atoms with van der Waals surface area (Å²) in [5.74, 6) is 0.537. The van der Waals surface area contributed by atoms with Gasteiger partial charge in [-0.25, -0.2) is 8.42 Å². The lowest BCUT2D eigenvalue weighted by atomic mass is 10.1. The molecular weight excluding hydrogens is 374 g/mol. The molecule has 2 heterocycles. The first-order valence-corrected chi connectivity index (χ1v) is 10.8. The predicted molar refractivity (Wildman–Crippen MR) is 101 cm³/mol. The maximum atomic E-state index is 13.0. The number of thiophene rings is 1. The van der Waals surface area contributed by atoms with Gasteiger partial charge in [0.05, 0.1) is 30.8 Å². The van der Waals surface area contributed by atoms with Gasteiger partial charge in [0.25, 0.3) is 5.91 Å². The van der Waals surface area contributed by atoms with Gasteiger partial charge in [-0.1, -0.05) is 12.1 Å². The maximum Gasteiger partial charge on any atom is 0.257 e. The molecule has 1 aliphatic heterocycles. The SMILES string of the molecule is COc1cccc(C(=O)N2CCC(c3cccs3)S(=O)(=O)CC2)c1OC. The van der Waals surface area contributed by atoms with E-state index in [9.17, 15) is 13.2 Å². The summed E-state index contributed by atoms with van der Waals surface area (Å²) in [5, 5.41) is 1.33. The molecule has 8 heteroatoms. The molecule has 1 aliphatic rings. The van der Waals surface area contributed by atoms with E-state index in [0.717, 1.165) is 4.88 Å². The number of carbonyl (C=O) groups excluding carboxylic acids is 1. The highest BCUT2D eigenvalue weighted by molar-refractivity contribution is 7.91. The Balaban J connectivity index is 1.87. The Morgan fingerprint density at radius 3 is 2.62 bits per heavy atom. The Kier molecular flexibility index (Phi) is 5.52. The summed E-state index contributed by atoms with van der Waals surface area (Å²) < 4.78 is 35.9. The first-order valence-electron chi connectivity index (χ1n) is 8.23. The Morgan fingerprint density at radius 2 is 1.96 bits per heavy atom. The fourth-order valence-electron chi connectivity index (χ4n) is 3.17. The zero-order chi connectivity index (χ0) is 18.7. The zero-order valence-electron chi connectivity index (χ0n) is 14.7. The van der Waals surface area contributed by atoms with Crippen LogP contribution in [0.1, 0.15) is 26.9 Å². The van der Waals surface area contributed by atoms with Crippen LogP contribution in [-0.4, -0.2) is 52.3 Å². The Hall–Kier alpha value is -2.06. The van der Waals surface area contributed by atoms with Crippen molar-refractivity contribution in [3.63, 3.8) is 0 Å². The van der Waals surface area contributed by atoms with Gasteiger partial charge in [-0.3, -0.25) is 4.79 Å². The van der Waals surface area contributed by atoms with Crippen molar-refractivity contribution in [2.75, 3.05) is 33.1 Å². The first-order chi connectivity index (χ1) is 12.5. The molecule has 1 amide bonds. The number of benzene rings is 1. The Labute approximate surface area is 157 Å². The van der Waals surface area contributed by atoms with E-state index in [2.05, 4.69) is 0 Å². The van der Waals surface area contributed by atoms with Crippen LogP contribution in [0.2, 0.25) is 0 Å². The van der Waals surface area contributed by atoms with E-state index in [1.54, 1.807) is 23.1 Å². The smallest absolute Gasteiger partial charge is 0.257 e. The van der Waals surface area contributed by atoms with E-state index in [0.29, 0.717) is 30.0 Å². The number of hydrogen-bond donors (Lipinski definition) is 0. The molecule has 3 rings (SSSR count). The molecule has 1 fully saturated rings. The van der Waals surface area contributed by atoms with Crippen LogP contribution in [0.5, 0.6) is 11.5 Å². The zero-order valence-corrected chi connectivity index (χ0v) is 16.3. The molecule has 140 valence electrons. The molecule has 6 nitrogen and oxygen atoms in total. The van der Waals surface area contributed by atoms with Crippen molar-refractivity contribution in [1.82, 2.24) is 4.90 Å². The third-order valence-electron chi connectivity index (χ3n) is 4.52. The summed E-state index contributed by atoms with van der Waals surface area (Å²) >= 11 is 1.44. The van der Waals surface area contributed by atoms with Crippen molar-refractivity contribution >= 4 is 27.1 Å². The van der Waals surface area contributed by atoms with Gasteiger partial charge in [0.15, 0.2) is 21.3 Å². The van der Waals surface area contributed by atoms with Crippen LogP contribution in [0.4, 0.5) is 0 Å². The third-order valence-corrected chi connectivity index (χ3v) is 7.76. The average Bonchev–Trinajstić information content (AvgIpc) is 3.11. The van der Waals surface area contributed by atoms with Crippen LogP contribution < -0.4 is 9.47 Å². The number of methoxy groups -OCH3 is 2. The standard InChI is InChI=1S/C18H21NO5S2/c1-23-14-6-3-5-13(17(14)24-2)18(20)19-9-8-16(15-7-4-11-25-15)26(21,22)12-10-19/h3-7,11,16H,8-10,12H2,1-2H3. The van der Waals surface area contributed by atoms with Crippen LogP contribution in [0.25, 0.3) is 0 Å². The maximum absolute atomic E-state index is 13.0. The van der Waals surface area contributed by atoms with Crippen LogP contribution in [0.15, 0.2) is 35.7 Å². The van der Waals surface area contributed by atoms with E-state index in [4.69, 9.17) is 9.47 Å². The molecular formula is C18H21NO5S2. The molecule has 0 radical (unpaired) electrons. The van der Waals surface area contributed by atoms with E-state index in [1.165, 1.54) is 25.6 Å². The topological polar surface area (TPSA) is 72.9 Å². The minimum Gasteiger partial charge on any atom is -0.493 e. The largest absolute Gasteiger partial charge is 0.493 e. The molecule has 2 aromatic rings. The molecule has 0 bridgehead atoms. The normalized spacial score (nSPS) is 19.6. The molecule has 0 saturated carbocycles. The number of para-hydroxylation sites is 1. The number of sulfone groups is 1. The van der Waals surface area contributed by atoms with E-state index >= 15 is 0 Å².